The average Bonchev–Trinajstić information content (AvgIpc) is 2.43. The predicted molar refractivity (Wildman–Crippen MR) is 84.4 cm³/mol. The molecule has 4 nitrogen and oxygen atoms in total. The number of hydrogen-bond acceptors (Lipinski definition) is 2. The molecule has 0 bridgehead atoms. The molecule has 122 valence electrons. The number of aliphatic carboxylic acids is 2. The SMILES string of the molecule is CCCCCCCCCCC=C(CCCC(=O)O)C(=O)O. The molecule has 0 heterocycles. The summed E-state index contributed by atoms with van der Waals surface area (Å²) in [7, 11) is 0. The number of rotatable bonds is 14. The number of carboxylic acids is 2. The zero-order valence-corrected chi connectivity index (χ0v) is 13.3. The van der Waals surface area contributed by atoms with Crippen LogP contribution in [-0.2, 0) is 9.59 Å². The van der Waals surface area contributed by atoms with Crippen molar-refractivity contribution in [1.82, 2.24) is 0 Å². The minimum atomic E-state index is -0.917. The molecule has 0 unspecified atom stereocenters. The van der Waals surface area contributed by atoms with Crippen molar-refractivity contribution in [3.05, 3.63) is 11.6 Å². The van der Waals surface area contributed by atoms with Gasteiger partial charge in [0, 0.05) is 12.0 Å². The van der Waals surface area contributed by atoms with Gasteiger partial charge in [0.15, 0.2) is 0 Å². The first-order valence-corrected chi connectivity index (χ1v) is 8.22. The Morgan fingerprint density at radius 1 is 0.810 bits per heavy atom. The summed E-state index contributed by atoms with van der Waals surface area (Å²) in [6, 6.07) is 0. The monoisotopic (exact) mass is 298 g/mol. The Labute approximate surface area is 128 Å². The maximum Gasteiger partial charge on any atom is 0.331 e. The summed E-state index contributed by atoms with van der Waals surface area (Å²) >= 11 is 0. The quantitative estimate of drug-likeness (QED) is 0.357. The lowest BCUT2D eigenvalue weighted by Crippen LogP contribution is -2.02. The summed E-state index contributed by atoms with van der Waals surface area (Å²) in [6.07, 6.45) is 13.2. The van der Waals surface area contributed by atoms with Crippen LogP contribution in [-0.4, -0.2) is 22.2 Å². The van der Waals surface area contributed by atoms with Crippen LogP contribution in [0.3, 0.4) is 0 Å². The maximum atomic E-state index is 11.0. The standard InChI is InChI=1S/C17H30O4/c1-2-3-4-5-6-7-8-9-10-12-15(17(20)21)13-11-14-16(18)19/h12H,2-11,13-14H2,1H3,(H,18,19)(H,20,21). The third-order valence-corrected chi connectivity index (χ3v) is 3.56. The fourth-order valence-corrected chi connectivity index (χ4v) is 2.28. The molecule has 0 radical (unpaired) electrons. The Kier molecular flexibility index (Phi) is 12.8. The molecule has 0 aromatic carbocycles. The molecule has 0 aromatic rings. The lowest BCUT2D eigenvalue weighted by molar-refractivity contribution is -0.137. The summed E-state index contributed by atoms with van der Waals surface area (Å²) in [6.45, 7) is 2.21. The first kappa shape index (κ1) is 19.7. The summed E-state index contributed by atoms with van der Waals surface area (Å²) < 4.78 is 0. The molecule has 0 aliphatic heterocycles. The second kappa shape index (κ2) is 13.7. The van der Waals surface area contributed by atoms with Crippen LogP contribution >= 0.6 is 0 Å². The third-order valence-electron chi connectivity index (χ3n) is 3.56. The molecule has 0 rings (SSSR count). The van der Waals surface area contributed by atoms with Gasteiger partial charge in [-0.25, -0.2) is 4.79 Å². The molecular weight excluding hydrogens is 268 g/mol. The Bertz CT molecular complexity index is 321. The third kappa shape index (κ3) is 13.4. The number of carbonyl (C=O) groups is 2. The minimum absolute atomic E-state index is 0.0301. The van der Waals surface area contributed by atoms with Gasteiger partial charge in [-0.05, 0) is 25.7 Å². The van der Waals surface area contributed by atoms with Gasteiger partial charge in [0.1, 0.15) is 0 Å². The van der Waals surface area contributed by atoms with Crippen molar-refractivity contribution in [1.29, 1.82) is 0 Å². The van der Waals surface area contributed by atoms with E-state index in [4.69, 9.17) is 10.2 Å². The summed E-state index contributed by atoms with van der Waals surface area (Å²) in [5, 5.41) is 17.6. The maximum absolute atomic E-state index is 11.0. The number of unbranched alkanes of at least 4 members (excludes halogenated alkanes) is 8. The second-order valence-electron chi connectivity index (χ2n) is 5.55. The topological polar surface area (TPSA) is 74.6 Å². The molecule has 2 N–H and O–H groups in total. The molecular formula is C17H30O4. The van der Waals surface area contributed by atoms with Crippen LogP contribution in [0, 0.1) is 0 Å². The van der Waals surface area contributed by atoms with Crippen molar-refractivity contribution in [3.8, 4) is 0 Å². The average molecular weight is 298 g/mol. The highest BCUT2D eigenvalue weighted by atomic mass is 16.4. The lowest BCUT2D eigenvalue weighted by atomic mass is 10.0. The van der Waals surface area contributed by atoms with Gasteiger partial charge in [-0.15, -0.1) is 0 Å². The van der Waals surface area contributed by atoms with Crippen LogP contribution in [0.15, 0.2) is 11.6 Å². The highest BCUT2D eigenvalue weighted by Gasteiger charge is 2.07. The molecule has 4 heteroatoms. The fourth-order valence-electron chi connectivity index (χ4n) is 2.28. The molecule has 21 heavy (non-hydrogen) atoms. The Hall–Kier alpha value is -1.32. The Morgan fingerprint density at radius 2 is 1.38 bits per heavy atom. The van der Waals surface area contributed by atoms with E-state index in [1.165, 1.54) is 38.5 Å². The zero-order chi connectivity index (χ0) is 15.9. The molecule has 0 fully saturated rings. The minimum Gasteiger partial charge on any atom is -0.481 e. The van der Waals surface area contributed by atoms with Crippen LogP contribution in [0.5, 0.6) is 0 Å². The van der Waals surface area contributed by atoms with Crippen LogP contribution < -0.4 is 0 Å². The molecule has 0 spiro atoms. The van der Waals surface area contributed by atoms with Gasteiger partial charge in [-0.2, -0.15) is 0 Å². The normalized spacial score (nSPS) is 11.6. The number of hydrogen-bond donors (Lipinski definition) is 2. The Morgan fingerprint density at radius 3 is 1.90 bits per heavy atom. The molecule has 0 aromatic heterocycles. The van der Waals surface area contributed by atoms with Crippen LogP contribution in [0.2, 0.25) is 0 Å². The number of allylic oxidation sites excluding steroid dienone is 1. The predicted octanol–water partition coefficient (Wildman–Crippen LogP) is 4.78. The second-order valence-corrected chi connectivity index (χ2v) is 5.55. The molecule has 0 aliphatic rings. The van der Waals surface area contributed by atoms with Crippen molar-refractivity contribution < 1.29 is 19.8 Å². The number of carboxylic acid groups (broad SMARTS) is 2. The lowest BCUT2D eigenvalue weighted by Gasteiger charge is -2.02. The van der Waals surface area contributed by atoms with E-state index < -0.39 is 11.9 Å². The Balaban J connectivity index is 3.69. The summed E-state index contributed by atoms with van der Waals surface area (Å²) in [5.41, 5.74) is 0.360. The fraction of sp³-hybridized carbons (Fsp3) is 0.765. The van der Waals surface area contributed by atoms with Crippen molar-refractivity contribution in [2.45, 2.75) is 84.0 Å². The van der Waals surface area contributed by atoms with Crippen molar-refractivity contribution in [2.24, 2.45) is 0 Å². The summed E-state index contributed by atoms with van der Waals surface area (Å²) in [4.78, 5) is 21.4. The first-order valence-electron chi connectivity index (χ1n) is 8.22. The van der Waals surface area contributed by atoms with Crippen LogP contribution in [0.4, 0.5) is 0 Å². The summed E-state index contributed by atoms with van der Waals surface area (Å²) in [5.74, 6) is -1.79. The smallest absolute Gasteiger partial charge is 0.331 e. The largest absolute Gasteiger partial charge is 0.481 e. The molecule has 0 atom stereocenters. The van der Waals surface area contributed by atoms with Gasteiger partial charge >= 0.3 is 11.9 Å². The zero-order valence-electron chi connectivity index (χ0n) is 13.3. The van der Waals surface area contributed by atoms with E-state index in [0.29, 0.717) is 18.4 Å². The van der Waals surface area contributed by atoms with Crippen molar-refractivity contribution >= 4 is 11.9 Å². The van der Waals surface area contributed by atoms with Crippen molar-refractivity contribution in [3.63, 3.8) is 0 Å². The highest BCUT2D eigenvalue weighted by molar-refractivity contribution is 5.86. The van der Waals surface area contributed by atoms with Gasteiger partial charge in [0.2, 0.25) is 0 Å². The van der Waals surface area contributed by atoms with Gasteiger partial charge in [-0.1, -0.05) is 57.9 Å². The van der Waals surface area contributed by atoms with Crippen LogP contribution in [0.25, 0.3) is 0 Å². The van der Waals surface area contributed by atoms with Gasteiger partial charge in [0.05, 0.1) is 0 Å². The van der Waals surface area contributed by atoms with E-state index in [1.54, 1.807) is 6.08 Å². The van der Waals surface area contributed by atoms with E-state index in [0.717, 1.165) is 19.3 Å². The van der Waals surface area contributed by atoms with E-state index in [2.05, 4.69) is 6.92 Å². The van der Waals surface area contributed by atoms with E-state index in [1.807, 2.05) is 0 Å². The molecule has 0 aliphatic carbocycles. The van der Waals surface area contributed by atoms with Crippen LogP contribution in [0.1, 0.15) is 84.0 Å². The van der Waals surface area contributed by atoms with E-state index >= 15 is 0 Å². The van der Waals surface area contributed by atoms with Gasteiger partial charge in [-0.3, -0.25) is 4.79 Å². The highest BCUT2D eigenvalue weighted by Crippen LogP contribution is 2.13. The first-order chi connectivity index (χ1) is 10.1. The van der Waals surface area contributed by atoms with Gasteiger partial charge < -0.3 is 10.2 Å². The molecule has 0 saturated carbocycles. The van der Waals surface area contributed by atoms with E-state index in [9.17, 15) is 9.59 Å². The molecule has 0 amide bonds. The molecule has 0 saturated heterocycles. The van der Waals surface area contributed by atoms with Gasteiger partial charge in [0.25, 0.3) is 0 Å². The van der Waals surface area contributed by atoms with E-state index in [-0.39, 0.29) is 6.42 Å². The van der Waals surface area contributed by atoms with Crippen molar-refractivity contribution in [2.75, 3.05) is 0 Å².